The summed E-state index contributed by atoms with van der Waals surface area (Å²) in [5.74, 6) is 0. The summed E-state index contributed by atoms with van der Waals surface area (Å²) in [5, 5.41) is 0. The van der Waals surface area contributed by atoms with Gasteiger partial charge in [0.05, 0.1) is 0 Å². The van der Waals surface area contributed by atoms with Gasteiger partial charge in [0.2, 0.25) is 0 Å². The van der Waals surface area contributed by atoms with Crippen molar-refractivity contribution in [2.24, 2.45) is 0 Å². The SMILES string of the molecule is [O]=[Mo].[Ti].[Zr]. The normalized spacial score (nSPS) is 1.00. The van der Waals surface area contributed by atoms with Crippen LogP contribution in [0.4, 0.5) is 0 Å². The standard InChI is InChI=1S/Mo.O.Ti.Zr. The molecule has 0 aromatic rings. The van der Waals surface area contributed by atoms with Gasteiger partial charge >= 0.3 is 23.2 Å². The van der Waals surface area contributed by atoms with E-state index < -0.39 is 0 Å². The molecule has 0 rings (SSSR count). The fourth-order valence-electron chi connectivity index (χ4n) is 0. The van der Waals surface area contributed by atoms with Gasteiger partial charge in [-0.1, -0.05) is 0 Å². The zero-order valence-corrected chi connectivity index (χ0v) is 7.84. The molecule has 0 saturated heterocycles. The number of hydrogen-bond acceptors (Lipinski definition) is 1. The van der Waals surface area contributed by atoms with Gasteiger partial charge in [-0.2, -0.15) is 0 Å². The van der Waals surface area contributed by atoms with Crippen LogP contribution in [0.2, 0.25) is 0 Å². The maximum Gasteiger partial charge on any atom is 0 e. The van der Waals surface area contributed by atoms with E-state index in [1.165, 1.54) is 0 Å². The fourth-order valence-corrected chi connectivity index (χ4v) is 0. The third-order valence-corrected chi connectivity index (χ3v) is 0. The molecule has 0 fully saturated rings. The van der Waals surface area contributed by atoms with Gasteiger partial charge in [-0.3, -0.25) is 0 Å². The van der Waals surface area contributed by atoms with Crippen LogP contribution >= 0.6 is 0 Å². The van der Waals surface area contributed by atoms with Gasteiger partial charge in [0.25, 0.3) is 0 Å². The molecule has 0 aliphatic carbocycles. The second kappa shape index (κ2) is 19.5. The largest absolute Gasteiger partial charge is 0 e. The Hall–Kier alpha value is 2.09. The van der Waals surface area contributed by atoms with Crippen molar-refractivity contribution in [1.29, 1.82) is 0 Å². The summed E-state index contributed by atoms with van der Waals surface area (Å²) in [6.07, 6.45) is 0. The van der Waals surface area contributed by atoms with Crippen molar-refractivity contribution in [3.8, 4) is 0 Å². The van der Waals surface area contributed by atoms with E-state index in [0.717, 1.165) is 0 Å². The van der Waals surface area contributed by atoms with E-state index in [-0.39, 0.29) is 47.9 Å². The Morgan fingerprint density at radius 3 is 1.25 bits per heavy atom. The quantitative estimate of drug-likeness (QED) is 0.548. The van der Waals surface area contributed by atoms with Crippen molar-refractivity contribution < 1.29 is 71.1 Å². The van der Waals surface area contributed by atoms with Crippen LogP contribution in [-0.2, 0) is 71.1 Å². The summed E-state index contributed by atoms with van der Waals surface area (Å²) in [6, 6.07) is 0. The van der Waals surface area contributed by atoms with E-state index in [2.05, 4.69) is 0 Å². The smallest absolute Gasteiger partial charge is 0 e. The fraction of sp³-hybridized carbons (Fsp3) is 0. The molecule has 0 spiro atoms. The third kappa shape index (κ3) is 8.94. The van der Waals surface area contributed by atoms with Crippen molar-refractivity contribution >= 4 is 0 Å². The van der Waals surface area contributed by atoms with Crippen LogP contribution in [0.25, 0.3) is 0 Å². The van der Waals surface area contributed by atoms with Gasteiger partial charge in [-0.25, -0.2) is 0 Å². The minimum absolute atomic E-state index is 0. The molecule has 0 radical (unpaired) electrons. The van der Waals surface area contributed by atoms with E-state index in [1.54, 1.807) is 0 Å². The molecule has 4 heteroatoms. The molecule has 20 valence electrons. The summed E-state index contributed by atoms with van der Waals surface area (Å²) in [5.41, 5.74) is 0. The average molecular weight is 251 g/mol. The van der Waals surface area contributed by atoms with E-state index in [1.807, 2.05) is 0 Å². The summed E-state index contributed by atoms with van der Waals surface area (Å²) in [4.78, 5) is 0. The number of hydrogen-bond donors (Lipinski definition) is 0. The van der Waals surface area contributed by atoms with Crippen molar-refractivity contribution in [2.75, 3.05) is 0 Å². The first kappa shape index (κ1) is 16.5. The molecule has 0 aromatic carbocycles. The van der Waals surface area contributed by atoms with Crippen molar-refractivity contribution in [2.45, 2.75) is 0 Å². The molecule has 1 nitrogen and oxygen atoms in total. The van der Waals surface area contributed by atoms with Crippen molar-refractivity contribution in [1.82, 2.24) is 0 Å². The Bertz CT molecular complexity index is 8.00. The van der Waals surface area contributed by atoms with Crippen LogP contribution in [0.1, 0.15) is 0 Å². The summed E-state index contributed by atoms with van der Waals surface area (Å²) < 4.78 is 8.26. The molecule has 0 aromatic heterocycles. The summed E-state index contributed by atoms with van der Waals surface area (Å²) in [7, 11) is 0. The van der Waals surface area contributed by atoms with Gasteiger partial charge in [-0.05, 0) is 0 Å². The molecule has 0 heterocycles. The zero-order valence-electron chi connectivity index (χ0n) is 1.82. The van der Waals surface area contributed by atoms with E-state index in [4.69, 9.17) is 3.40 Å². The second-order valence-corrected chi connectivity index (χ2v) is 0. The Morgan fingerprint density at radius 2 is 1.25 bits per heavy atom. The van der Waals surface area contributed by atoms with E-state index in [9.17, 15) is 0 Å². The van der Waals surface area contributed by atoms with E-state index >= 15 is 0 Å². The van der Waals surface area contributed by atoms with Crippen LogP contribution < -0.4 is 0 Å². The van der Waals surface area contributed by atoms with Gasteiger partial charge in [0.15, 0.2) is 0 Å². The first-order chi connectivity index (χ1) is 1.00. The zero-order chi connectivity index (χ0) is 2.00. The first-order valence-electron chi connectivity index (χ1n) is 0.167. The van der Waals surface area contributed by atoms with Crippen LogP contribution in [0.5, 0.6) is 0 Å². The predicted molar refractivity (Wildman–Crippen MR) is 0.686 cm³/mol. The van der Waals surface area contributed by atoms with Crippen LogP contribution in [0, 0.1) is 0 Å². The molecule has 0 amide bonds. The molecule has 0 aliphatic heterocycles. The van der Waals surface area contributed by atoms with Gasteiger partial charge in [-0.15, -0.1) is 0 Å². The molecule has 0 unspecified atom stereocenters. The van der Waals surface area contributed by atoms with Crippen LogP contribution in [-0.4, -0.2) is 0 Å². The monoisotopic (exact) mass is 252 g/mol. The van der Waals surface area contributed by atoms with Crippen LogP contribution in [0.15, 0.2) is 0 Å². The Balaban J connectivity index is -0.00000000500. The first-order valence-corrected chi connectivity index (χ1v) is 0.986. The summed E-state index contributed by atoms with van der Waals surface area (Å²) >= 11 is 0.700. The Kier molecular flexibility index (Phi) is 80.7. The minimum Gasteiger partial charge on any atom is 0 e. The van der Waals surface area contributed by atoms with E-state index in [0.29, 0.717) is 19.8 Å². The Labute approximate surface area is 70.1 Å². The molecule has 0 N–H and O–H groups in total. The molecular weight excluding hydrogens is 251 g/mol. The second-order valence-electron chi connectivity index (χ2n) is 0. The van der Waals surface area contributed by atoms with Gasteiger partial charge in [0, 0.05) is 47.9 Å². The van der Waals surface area contributed by atoms with Gasteiger partial charge < -0.3 is 0 Å². The summed E-state index contributed by atoms with van der Waals surface area (Å²) in [6.45, 7) is 0. The topological polar surface area (TPSA) is 17.1 Å². The third-order valence-electron chi connectivity index (χ3n) is 0. The van der Waals surface area contributed by atoms with Crippen molar-refractivity contribution in [3.63, 3.8) is 0 Å². The minimum atomic E-state index is 0. The molecule has 0 aliphatic rings. The molecule has 4 heavy (non-hydrogen) atoms. The average Bonchev–Trinajstić information content (AvgIpc) is 1.00. The van der Waals surface area contributed by atoms with Crippen molar-refractivity contribution in [3.05, 3.63) is 0 Å². The maximum absolute atomic E-state index is 8.26. The molecule has 0 atom stereocenters. The number of rotatable bonds is 0. The maximum atomic E-state index is 8.26. The predicted octanol–water partition coefficient (Wildman–Crippen LogP) is -0.126. The molecule has 0 bridgehead atoms. The van der Waals surface area contributed by atoms with Crippen LogP contribution in [0.3, 0.4) is 0 Å². The molecule has 0 saturated carbocycles. The van der Waals surface area contributed by atoms with Gasteiger partial charge in [0.1, 0.15) is 0 Å². The molecular formula is MoOTiZr. The Morgan fingerprint density at radius 1 is 1.25 bits per heavy atom.